The van der Waals surface area contributed by atoms with E-state index in [1.165, 1.54) is 18.5 Å². The lowest BCUT2D eigenvalue weighted by Gasteiger charge is -2.39. The van der Waals surface area contributed by atoms with Crippen molar-refractivity contribution in [3.05, 3.63) is 18.0 Å². The first-order chi connectivity index (χ1) is 12.6. The van der Waals surface area contributed by atoms with Crippen LogP contribution in [-0.2, 0) is 4.79 Å². The van der Waals surface area contributed by atoms with Gasteiger partial charge >= 0.3 is 6.03 Å². The molecule has 1 aromatic rings. The molecule has 0 spiro atoms. The van der Waals surface area contributed by atoms with E-state index in [-0.39, 0.29) is 18.0 Å². The van der Waals surface area contributed by atoms with Crippen molar-refractivity contribution in [1.82, 2.24) is 24.9 Å². The van der Waals surface area contributed by atoms with Crippen LogP contribution in [0.4, 0.5) is 4.79 Å². The molecule has 0 aromatic carbocycles. The molecule has 3 aliphatic rings. The Morgan fingerprint density at radius 3 is 2.19 bits per heavy atom. The molecule has 1 aromatic heterocycles. The zero-order valence-electron chi connectivity index (χ0n) is 15.6. The Morgan fingerprint density at radius 2 is 1.62 bits per heavy atom. The summed E-state index contributed by atoms with van der Waals surface area (Å²) >= 11 is 0. The topological polar surface area (TPSA) is 70.5 Å². The van der Waals surface area contributed by atoms with E-state index in [2.05, 4.69) is 21.2 Å². The van der Waals surface area contributed by atoms with Crippen molar-refractivity contribution in [3.8, 4) is 0 Å². The number of carbonyl (C=O) groups is 2. The number of aromatic nitrogens is 2. The number of amides is 3. The fourth-order valence-corrected chi connectivity index (χ4v) is 4.34. The molecule has 7 nitrogen and oxygen atoms in total. The predicted molar refractivity (Wildman–Crippen MR) is 97.9 cm³/mol. The lowest BCUT2D eigenvalue weighted by Crippen LogP contribution is -2.52. The Bertz CT molecular complexity index is 653. The number of nitrogens with one attached hydrogen (secondary N) is 1. The zero-order valence-corrected chi connectivity index (χ0v) is 15.6. The summed E-state index contributed by atoms with van der Waals surface area (Å²) in [4.78, 5) is 27.9. The second-order valence-electron chi connectivity index (χ2n) is 7.94. The molecule has 3 fully saturated rings. The molecule has 26 heavy (non-hydrogen) atoms. The van der Waals surface area contributed by atoms with E-state index >= 15 is 0 Å². The van der Waals surface area contributed by atoms with Gasteiger partial charge in [0.15, 0.2) is 0 Å². The molecule has 0 unspecified atom stereocenters. The molecule has 142 valence electrons. The van der Waals surface area contributed by atoms with Gasteiger partial charge in [-0.2, -0.15) is 5.10 Å². The maximum atomic E-state index is 12.8. The summed E-state index contributed by atoms with van der Waals surface area (Å²) in [7, 11) is 0. The third-order valence-electron chi connectivity index (χ3n) is 5.95. The van der Waals surface area contributed by atoms with Crippen LogP contribution in [0.2, 0.25) is 0 Å². The van der Waals surface area contributed by atoms with E-state index in [0.717, 1.165) is 51.9 Å². The summed E-state index contributed by atoms with van der Waals surface area (Å²) < 4.78 is 2.22. The lowest BCUT2D eigenvalue weighted by molar-refractivity contribution is -0.119. The van der Waals surface area contributed by atoms with E-state index in [1.807, 2.05) is 16.0 Å². The van der Waals surface area contributed by atoms with Gasteiger partial charge in [0.1, 0.15) is 0 Å². The van der Waals surface area contributed by atoms with Crippen LogP contribution in [0, 0.1) is 0 Å². The summed E-state index contributed by atoms with van der Waals surface area (Å²) in [5, 5.41) is 7.52. The predicted octanol–water partition coefficient (Wildman–Crippen LogP) is 2.12. The number of nitrogens with zero attached hydrogens (tertiary/aromatic N) is 4. The smallest absolute Gasteiger partial charge is 0.320 e. The van der Waals surface area contributed by atoms with Crippen LogP contribution in [0.1, 0.15) is 63.1 Å². The van der Waals surface area contributed by atoms with Crippen LogP contribution in [0.3, 0.4) is 0 Å². The van der Waals surface area contributed by atoms with Gasteiger partial charge in [0.2, 0.25) is 5.91 Å². The molecule has 1 aliphatic carbocycles. The number of piperidine rings is 2. The molecule has 7 heteroatoms. The number of carbonyl (C=O) groups excluding carboxylic acids is 2. The van der Waals surface area contributed by atoms with Crippen LogP contribution >= 0.6 is 0 Å². The van der Waals surface area contributed by atoms with Crippen LogP contribution in [-0.4, -0.2) is 63.7 Å². The molecule has 1 saturated carbocycles. The van der Waals surface area contributed by atoms with Crippen molar-refractivity contribution in [2.75, 3.05) is 26.2 Å². The zero-order chi connectivity index (χ0) is 18.1. The second kappa shape index (κ2) is 7.29. The molecule has 1 N–H and O–H groups in total. The highest BCUT2D eigenvalue weighted by Crippen LogP contribution is 2.41. The van der Waals surface area contributed by atoms with Gasteiger partial charge in [-0.15, -0.1) is 0 Å². The molecule has 0 bridgehead atoms. The van der Waals surface area contributed by atoms with E-state index in [4.69, 9.17) is 0 Å². The maximum Gasteiger partial charge on any atom is 0.320 e. The van der Waals surface area contributed by atoms with Gasteiger partial charge in [0, 0.05) is 57.0 Å². The van der Waals surface area contributed by atoms with E-state index in [0.29, 0.717) is 12.0 Å². The van der Waals surface area contributed by atoms with Crippen LogP contribution < -0.4 is 5.32 Å². The first kappa shape index (κ1) is 17.4. The molecule has 0 atom stereocenters. The summed E-state index contributed by atoms with van der Waals surface area (Å²) in [6.07, 6.45) is 8.16. The normalized spacial score (nSPS) is 22.5. The number of likely N-dealkylation sites (tertiary alicyclic amines) is 2. The summed E-state index contributed by atoms with van der Waals surface area (Å²) in [5.41, 5.74) is 1.38. The molecule has 0 radical (unpaired) electrons. The lowest BCUT2D eigenvalue weighted by atomic mass is 10.0. The van der Waals surface area contributed by atoms with Gasteiger partial charge in [0.05, 0.1) is 6.04 Å². The van der Waals surface area contributed by atoms with Gasteiger partial charge in [-0.25, -0.2) is 4.79 Å². The summed E-state index contributed by atoms with van der Waals surface area (Å²) in [6.45, 7) is 4.62. The quantitative estimate of drug-likeness (QED) is 0.899. The van der Waals surface area contributed by atoms with Crippen molar-refractivity contribution in [3.63, 3.8) is 0 Å². The Morgan fingerprint density at radius 1 is 1.00 bits per heavy atom. The highest BCUT2D eigenvalue weighted by molar-refractivity contribution is 5.75. The first-order valence-corrected chi connectivity index (χ1v) is 9.96. The van der Waals surface area contributed by atoms with E-state index in [1.54, 1.807) is 6.92 Å². The third kappa shape index (κ3) is 3.71. The maximum absolute atomic E-state index is 12.8. The summed E-state index contributed by atoms with van der Waals surface area (Å²) in [6, 6.07) is 2.96. The molecule has 2 aliphatic heterocycles. The van der Waals surface area contributed by atoms with Crippen molar-refractivity contribution < 1.29 is 9.59 Å². The molecule has 2 saturated heterocycles. The minimum atomic E-state index is 0.0148. The van der Waals surface area contributed by atoms with Gasteiger partial charge in [0.25, 0.3) is 0 Å². The highest BCUT2D eigenvalue weighted by Gasteiger charge is 2.33. The Labute approximate surface area is 154 Å². The van der Waals surface area contributed by atoms with Gasteiger partial charge in [-0.3, -0.25) is 9.48 Å². The molecular weight excluding hydrogens is 330 g/mol. The molecule has 3 amide bonds. The number of rotatable bonds is 3. The molecular formula is C19H29N5O2. The van der Waals surface area contributed by atoms with Gasteiger partial charge < -0.3 is 15.1 Å². The largest absolute Gasteiger partial charge is 0.353 e. The fourth-order valence-electron chi connectivity index (χ4n) is 4.34. The number of hydrogen-bond donors (Lipinski definition) is 1. The monoisotopic (exact) mass is 359 g/mol. The standard InChI is InChI=1S/C19H29N5O2/c1-14(25)21-16-5-10-22(11-6-16)19(26)23-12-7-17(8-13-23)24-18(4-9-20-24)15-2-3-15/h4,9,15-17H,2-3,5-8,10-13H2,1H3,(H,21,25). The Balaban J connectivity index is 1.27. The van der Waals surface area contributed by atoms with Crippen molar-refractivity contribution in [2.45, 2.75) is 63.5 Å². The Hall–Kier alpha value is -2.05. The Kier molecular flexibility index (Phi) is 4.87. The first-order valence-electron chi connectivity index (χ1n) is 9.96. The van der Waals surface area contributed by atoms with Gasteiger partial charge in [-0.1, -0.05) is 0 Å². The van der Waals surface area contributed by atoms with Crippen LogP contribution in [0.5, 0.6) is 0 Å². The average molecular weight is 359 g/mol. The number of hydrogen-bond acceptors (Lipinski definition) is 3. The molecule has 4 rings (SSSR count). The van der Waals surface area contributed by atoms with Crippen molar-refractivity contribution in [2.24, 2.45) is 0 Å². The van der Waals surface area contributed by atoms with Crippen LogP contribution in [0.15, 0.2) is 12.3 Å². The van der Waals surface area contributed by atoms with Crippen molar-refractivity contribution >= 4 is 11.9 Å². The van der Waals surface area contributed by atoms with E-state index < -0.39 is 0 Å². The molecule has 3 heterocycles. The van der Waals surface area contributed by atoms with E-state index in [9.17, 15) is 9.59 Å². The average Bonchev–Trinajstić information content (AvgIpc) is 3.38. The van der Waals surface area contributed by atoms with Crippen LogP contribution in [0.25, 0.3) is 0 Å². The van der Waals surface area contributed by atoms with Crippen molar-refractivity contribution in [1.29, 1.82) is 0 Å². The summed E-state index contributed by atoms with van der Waals surface area (Å²) in [5.74, 6) is 0.725. The number of urea groups is 1. The third-order valence-corrected chi connectivity index (χ3v) is 5.95. The second-order valence-corrected chi connectivity index (χ2v) is 7.94. The van der Waals surface area contributed by atoms with Gasteiger partial charge in [-0.05, 0) is 44.6 Å². The fraction of sp³-hybridized carbons (Fsp3) is 0.737. The highest BCUT2D eigenvalue weighted by atomic mass is 16.2. The minimum absolute atomic E-state index is 0.0148. The minimum Gasteiger partial charge on any atom is -0.353 e. The SMILES string of the molecule is CC(=O)NC1CCN(C(=O)N2CCC(n3nccc3C3CC3)CC2)CC1.